The number of rotatable bonds is 9. The Balaban J connectivity index is 1.60. The maximum absolute atomic E-state index is 12.6. The molecule has 2 aromatic heterocycles. The Kier molecular flexibility index (Phi) is 7.94. The number of thiophene rings is 1. The van der Waals surface area contributed by atoms with Crippen LogP contribution in [0.15, 0.2) is 15.1 Å². The number of H-pyrrole nitrogens is 1. The van der Waals surface area contributed by atoms with Crippen molar-refractivity contribution < 1.29 is 24.3 Å². The lowest BCUT2D eigenvalue weighted by atomic mass is 10.1. The summed E-state index contributed by atoms with van der Waals surface area (Å²) in [5, 5.41) is 16.9. The van der Waals surface area contributed by atoms with Gasteiger partial charge in [0.05, 0.1) is 4.88 Å². The third-order valence-corrected chi connectivity index (χ3v) is 7.61. The summed E-state index contributed by atoms with van der Waals surface area (Å²) in [6.45, 7) is 2.43. The molecule has 1 amide bonds. The normalized spacial score (nSPS) is 15.8. The van der Waals surface area contributed by atoms with Crippen molar-refractivity contribution in [3.05, 3.63) is 31.7 Å². The topological polar surface area (TPSA) is 203 Å². The second-order valence-corrected chi connectivity index (χ2v) is 9.59. The average Bonchev–Trinajstić information content (AvgIpc) is 3.15. The van der Waals surface area contributed by atoms with Crippen LogP contribution in [-0.4, -0.2) is 50.8 Å². The number of aromatic amines is 1. The van der Waals surface area contributed by atoms with E-state index in [4.69, 9.17) is 11.6 Å². The second-order valence-electron chi connectivity index (χ2n) is 7.40. The van der Waals surface area contributed by atoms with Gasteiger partial charge in [0.15, 0.2) is 0 Å². The zero-order valence-electron chi connectivity index (χ0n) is 17.7. The molecule has 0 bridgehead atoms. The molecule has 1 aliphatic heterocycles. The molecular weight excluding hydrogens is 472 g/mol. The molecule has 0 spiro atoms. The number of hydrogen-bond acceptors (Lipinski definition) is 11. The van der Waals surface area contributed by atoms with Gasteiger partial charge in [-0.05, 0) is 42.7 Å². The highest BCUT2D eigenvalue weighted by Gasteiger charge is 2.26. The number of hydrogen-bond donors (Lipinski definition) is 6. The zero-order chi connectivity index (χ0) is 24.1. The van der Waals surface area contributed by atoms with Gasteiger partial charge >= 0.3 is 11.9 Å². The van der Waals surface area contributed by atoms with Gasteiger partial charge < -0.3 is 26.3 Å². The van der Waals surface area contributed by atoms with Crippen molar-refractivity contribution in [2.45, 2.75) is 48.8 Å². The number of carboxylic acid groups (broad SMARTS) is 1. The molecule has 0 radical (unpaired) electrons. The third-order valence-electron chi connectivity index (χ3n) is 5.13. The fourth-order valence-electron chi connectivity index (χ4n) is 3.33. The van der Waals surface area contributed by atoms with E-state index in [2.05, 4.69) is 25.4 Å². The monoisotopic (exact) mass is 496 g/mol. The number of amides is 1. The van der Waals surface area contributed by atoms with E-state index in [9.17, 15) is 24.3 Å². The first-order valence-electron chi connectivity index (χ1n) is 10.00. The number of nitrogens with zero attached hydrogens (tertiary/aromatic N) is 1. The summed E-state index contributed by atoms with van der Waals surface area (Å²) in [6, 6.07) is -1.24. The lowest BCUT2D eigenvalue weighted by Gasteiger charge is -2.24. The first kappa shape index (κ1) is 24.5. The lowest BCUT2D eigenvalue weighted by Crippen LogP contribution is -2.41. The minimum Gasteiger partial charge on any atom is -0.480 e. The van der Waals surface area contributed by atoms with Crippen LogP contribution < -0.4 is 27.8 Å². The van der Waals surface area contributed by atoms with Crippen molar-refractivity contribution in [2.75, 3.05) is 17.6 Å². The molecule has 3 rings (SSSR count). The minimum atomic E-state index is -1.25. The first-order valence-corrected chi connectivity index (χ1v) is 11.8. The molecule has 0 aromatic carbocycles. The molecule has 33 heavy (non-hydrogen) atoms. The Morgan fingerprint density at radius 1 is 1.42 bits per heavy atom. The van der Waals surface area contributed by atoms with E-state index in [1.54, 1.807) is 6.92 Å². The molecule has 12 nitrogen and oxygen atoms in total. The Morgan fingerprint density at radius 3 is 2.88 bits per heavy atom. The number of aryl methyl sites for hydroxylation is 1. The molecule has 0 fully saturated rings. The van der Waals surface area contributed by atoms with Gasteiger partial charge in [0.2, 0.25) is 5.95 Å². The van der Waals surface area contributed by atoms with Crippen LogP contribution in [0.1, 0.15) is 40.1 Å². The maximum Gasteiger partial charge on any atom is 0.326 e. The van der Waals surface area contributed by atoms with Crippen molar-refractivity contribution in [1.29, 1.82) is 0 Å². The maximum atomic E-state index is 12.6. The molecule has 0 aliphatic carbocycles. The largest absolute Gasteiger partial charge is 0.480 e. The van der Waals surface area contributed by atoms with Crippen molar-refractivity contribution in [2.24, 2.45) is 5.90 Å². The molecule has 14 heteroatoms. The van der Waals surface area contributed by atoms with E-state index in [1.807, 2.05) is 5.38 Å². The van der Waals surface area contributed by atoms with Gasteiger partial charge in [0.25, 0.3) is 11.5 Å². The molecule has 8 N–H and O–H groups in total. The number of nitrogen functional groups attached to an aromatic ring is 1. The van der Waals surface area contributed by atoms with E-state index in [0.717, 1.165) is 17.5 Å². The van der Waals surface area contributed by atoms with Gasteiger partial charge in [-0.25, -0.2) is 4.79 Å². The fourth-order valence-corrected chi connectivity index (χ4v) is 5.48. The summed E-state index contributed by atoms with van der Waals surface area (Å²) in [5.41, 5.74) is 7.03. The number of nitrogens with two attached hydrogens (primary N) is 2. The zero-order valence-corrected chi connectivity index (χ0v) is 19.3. The highest BCUT2D eigenvalue weighted by atomic mass is 32.2. The number of aliphatic carboxylic acids is 1. The van der Waals surface area contributed by atoms with Crippen LogP contribution in [-0.2, 0) is 20.8 Å². The summed E-state index contributed by atoms with van der Waals surface area (Å²) in [6.07, 6.45) is 1.05. The molecule has 2 atom stereocenters. The number of fused-ring (bicyclic) bond motifs is 1. The second kappa shape index (κ2) is 10.7. The SMILES string of the molecule is Cc1c(CC[C@@H]2CNc3nc(N)[nH]c(=O)c3S2)csc1C(=O)N[C@@H](CCC(=O)ON)C(=O)O. The summed E-state index contributed by atoms with van der Waals surface area (Å²) in [5.74, 6) is 2.77. The van der Waals surface area contributed by atoms with Gasteiger partial charge in [-0.3, -0.25) is 19.4 Å². The van der Waals surface area contributed by atoms with E-state index in [1.165, 1.54) is 23.1 Å². The molecule has 178 valence electrons. The summed E-state index contributed by atoms with van der Waals surface area (Å²) < 4.78 is 0. The summed E-state index contributed by atoms with van der Waals surface area (Å²) >= 11 is 2.67. The molecule has 0 saturated heterocycles. The number of aromatic nitrogens is 2. The van der Waals surface area contributed by atoms with E-state index in [0.29, 0.717) is 28.6 Å². The van der Waals surface area contributed by atoms with Gasteiger partial charge in [0, 0.05) is 18.2 Å². The Bertz CT molecular complexity index is 1120. The molecule has 2 aromatic rings. The Hall–Kier alpha value is -3.10. The molecule has 1 aliphatic rings. The molecule has 3 heterocycles. The van der Waals surface area contributed by atoms with Crippen LogP contribution in [0.4, 0.5) is 11.8 Å². The highest BCUT2D eigenvalue weighted by Crippen LogP contribution is 2.34. The van der Waals surface area contributed by atoms with Crippen molar-refractivity contribution in [1.82, 2.24) is 15.3 Å². The number of carbonyl (C=O) groups excluding carboxylic acids is 2. The van der Waals surface area contributed by atoms with Crippen LogP contribution in [0.2, 0.25) is 0 Å². The van der Waals surface area contributed by atoms with Gasteiger partial charge in [-0.2, -0.15) is 10.9 Å². The number of carbonyl (C=O) groups is 3. The smallest absolute Gasteiger partial charge is 0.326 e. The van der Waals surface area contributed by atoms with Gasteiger partial charge in [-0.15, -0.1) is 23.1 Å². The minimum absolute atomic E-state index is 0.0643. The average molecular weight is 497 g/mol. The van der Waals surface area contributed by atoms with E-state index < -0.39 is 23.9 Å². The van der Waals surface area contributed by atoms with E-state index in [-0.39, 0.29) is 29.6 Å². The van der Waals surface area contributed by atoms with Crippen molar-refractivity contribution >= 4 is 52.7 Å². The quantitative estimate of drug-likeness (QED) is 0.266. The van der Waals surface area contributed by atoms with Crippen molar-refractivity contribution in [3.63, 3.8) is 0 Å². The van der Waals surface area contributed by atoms with E-state index >= 15 is 0 Å². The standard InChI is InChI=1S/C19H24N6O6S2/c1-8-9(2-3-10-6-22-15-14(33-10)17(28)25-19(20)24-15)7-32-13(8)16(27)23-11(18(29)30)4-5-12(26)31-21/h7,10-11H,2-6,21H2,1H3,(H,23,27)(H,29,30)(H4,20,22,24,25,28)/t10-,11+/m1/s1. The number of nitrogens with one attached hydrogen (secondary N) is 3. The first-order chi connectivity index (χ1) is 15.7. The van der Waals surface area contributed by atoms with Crippen LogP contribution >= 0.6 is 23.1 Å². The lowest BCUT2D eigenvalue weighted by molar-refractivity contribution is -0.145. The third kappa shape index (κ3) is 6.03. The Morgan fingerprint density at radius 2 is 2.18 bits per heavy atom. The Labute approximate surface area is 196 Å². The molecule has 0 unspecified atom stereocenters. The van der Waals surface area contributed by atoms with Crippen LogP contribution in [0.5, 0.6) is 0 Å². The summed E-state index contributed by atoms with van der Waals surface area (Å²) in [7, 11) is 0. The number of anilines is 2. The van der Waals surface area contributed by atoms with Crippen LogP contribution in [0, 0.1) is 6.92 Å². The van der Waals surface area contributed by atoms with Gasteiger partial charge in [-0.1, -0.05) is 0 Å². The van der Waals surface area contributed by atoms with Gasteiger partial charge in [0.1, 0.15) is 16.8 Å². The fraction of sp³-hybridized carbons (Fsp3) is 0.421. The number of thioether (sulfide) groups is 1. The molecular formula is C19H24N6O6S2. The summed E-state index contributed by atoms with van der Waals surface area (Å²) in [4.78, 5) is 58.9. The highest BCUT2D eigenvalue weighted by molar-refractivity contribution is 8.00. The predicted molar refractivity (Wildman–Crippen MR) is 123 cm³/mol. The van der Waals surface area contributed by atoms with Crippen LogP contribution in [0.25, 0.3) is 0 Å². The number of carboxylic acids is 1. The van der Waals surface area contributed by atoms with Crippen LogP contribution in [0.3, 0.4) is 0 Å². The van der Waals surface area contributed by atoms with Crippen molar-refractivity contribution in [3.8, 4) is 0 Å². The molecule has 0 saturated carbocycles. The predicted octanol–water partition coefficient (Wildman–Crippen LogP) is 0.621.